The van der Waals surface area contributed by atoms with E-state index in [1.165, 1.54) is 7.11 Å². The molecular weight excluding hydrogens is 366 g/mol. The lowest BCUT2D eigenvalue weighted by Crippen LogP contribution is -2.44. The van der Waals surface area contributed by atoms with Gasteiger partial charge in [0, 0.05) is 30.3 Å². The summed E-state index contributed by atoms with van der Waals surface area (Å²) in [7, 11) is 1.54. The summed E-state index contributed by atoms with van der Waals surface area (Å²) in [4.78, 5) is 25.5. The number of methoxy groups -OCH3 is 1. The number of halogens is 1. The maximum absolute atomic E-state index is 13.0. The first kappa shape index (κ1) is 17.7. The molecule has 6 nitrogen and oxygen atoms in total. The molecule has 0 radical (unpaired) electrons. The number of benzene rings is 1. The quantitative estimate of drug-likeness (QED) is 0.813. The Hall–Kier alpha value is -1.60. The van der Waals surface area contributed by atoms with Crippen LogP contribution in [0, 0.1) is 0 Å². The molecule has 0 spiro atoms. The molecule has 0 atom stereocenters. The first-order valence-electron chi connectivity index (χ1n) is 7.47. The summed E-state index contributed by atoms with van der Waals surface area (Å²) < 4.78 is 11.2. The van der Waals surface area contributed by atoms with Gasteiger partial charge in [0.25, 0.3) is 5.91 Å². The number of aliphatic carboxylic acids is 1. The molecule has 1 aromatic rings. The molecule has 0 bridgehead atoms. The summed E-state index contributed by atoms with van der Waals surface area (Å²) in [5.74, 6) is -0.523. The van der Waals surface area contributed by atoms with Crippen LogP contribution < -0.4 is 4.74 Å². The average molecular weight is 386 g/mol. The third-order valence-corrected chi connectivity index (χ3v) is 4.55. The summed E-state index contributed by atoms with van der Waals surface area (Å²) in [5.41, 5.74) is 0.473. The number of amides is 1. The van der Waals surface area contributed by atoms with Crippen LogP contribution >= 0.6 is 15.9 Å². The number of ether oxygens (including phenoxy) is 2. The van der Waals surface area contributed by atoms with Crippen LogP contribution in [-0.2, 0) is 9.53 Å². The highest BCUT2D eigenvalue weighted by Gasteiger charge is 2.28. The number of nitrogens with zero attached hydrogens (tertiary/aromatic N) is 1. The minimum atomic E-state index is -0.917. The van der Waals surface area contributed by atoms with E-state index in [-0.39, 0.29) is 24.9 Å². The lowest BCUT2D eigenvalue weighted by atomic mass is 10.0. The monoisotopic (exact) mass is 385 g/mol. The molecule has 0 aromatic heterocycles. The molecule has 0 unspecified atom stereocenters. The second-order valence-corrected chi connectivity index (χ2v) is 6.19. The number of carbonyl (C=O) groups is 2. The van der Waals surface area contributed by atoms with Crippen molar-refractivity contribution in [3.8, 4) is 5.75 Å². The maximum Gasteiger partial charge on any atom is 0.305 e. The van der Waals surface area contributed by atoms with Gasteiger partial charge < -0.3 is 19.5 Å². The lowest BCUT2D eigenvalue weighted by Gasteiger charge is -2.34. The van der Waals surface area contributed by atoms with E-state index in [0.717, 1.165) is 0 Å². The molecule has 1 aliphatic heterocycles. The molecule has 23 heavy (non-hydrogen) atoms. The van der Waals surface area contributed by atoms with E-state index in [4.69, 9.17) is 14.6 Å². The molecule has 126 valence electrons. The van der Waals surface area contributed by atoms with E-state index in [9.17, 15) is 9.59 Å². The number of carboxylic acid groups (broad SMARTS) is 1. The average Bonchev–Trinajstić information content (AvgIpc) is 2.56. The Morgan fingerprint density at radius 3 is 2.70 bits per heavy atom. The number of hydrogen-bond donors (Lipinski definition) is 1. The summed E-state index contributed by atoms with van der Waals surface area (Å²) in [5, 5.41) is 8.96. The van der Waals surface area contributed by atoms with Gasteiger partial charge in [0.2, 0.25) is 0 Å². The highest BCUT2D eigenvalue weighted by Crippen LogP contribution is 2.26. The molecule has 0 aliphatic carbocycles. The Labute approximate surface area is 143 Å². The van der Waals surface area contributed by atoms with E-state index in [0.29, 0.717) is 41.8 Å². The predicted octanol–water partition coefficient (Wildman–Crippen LogP) is 2.55. The van der Waals surface area contributed by atoms with Gasteiger partial charge in [0.1, 0.15) is 5.75 Å². The van der Waals surface area contributed by atoms with Crippen LogP contribution in [0.15, 0.2) is 22.7 Å². The predicted molar refractivity (Wildman–Crippen MR) is 87.8 cm³/mol. The van der Waals surface area contributed by atoms with Crippen LogP contribution in [0.3, 0.4) is 0 Å². The van der Waals surface area contributed by atoms with Crippen molar-refractivity contribution in [1.82, 2.24) is 4.90 Å². The van der Waals surface area contributed by atoms with Crippen LogP contribution in [0.1, 0.15) is 29.6 Å². The topological polar surface area (TPSA) is 76.1 Å². The number of rotatable bonds is 6. The van der Waals surface area contributed by atoms with Crippen molar-refractivity contribution in [2.45, 2.75) is 25.3 Å². The van der Waals surface area contributed by atoms with Crippen molar-refractivity contribution < 1.29 is 24.2 Å². The molecule has 1 heterocycles. The molecule has 0 saturated carbocycles. The minimum Gasteiger partial charge on any atom is -0.497 e. The number of hydrogen-bond acceptors (Lipinski definition) is 4. The molecule has 1 fully saturated rings. The fraction of sp³-hybridized carbons (Fsp3) is 0.500. The molecular formula is C16H20BrNO5. The maximum atomic E-state index is 13.0. The molecule has 1 N–H and O–H groups in total. The van der Waals surface area contributed by atoms with E-state index in [1.807, 2.05) is 0 Å². The van der Waals surface area contributed by atoms with Crippen LogP contribution in [0.5, 0.6) is 5.75 Å². The molecule has 1 amide bonds. The molecule has 7 heteroatoms. The first-order chi connectivity index (χ1) is 11.0. The van der Waals surface area contributed by atoms with Crippen molar-refractivity contribution in [2.75, 3.05) is 26.9 Å². The zero-order valence-electron chi connectivity index (χ0n) is 13.0. The zero-order chi connectivity index (χ0) is 16.8. The van der Waals surface area contributed by atoms with E-state index in [2.05, 4.69) is 15.9 Å². The molecule has 1 saturated heterocycles. The van der Waals surface area contributed by atoms with Crippen LogP contribution in [0.2, 0.25) is 0 Å². The van der Waals surface area contributed by atoms with Crippen molar-refractivity contribution in [3.63, 3.8) is 0 Å². The smallest absolute Gasteiger partial charge is 0.305 e. The van der Waals surface area contributed by atoms with Gasteiger partial charge in [-0.05, 0) is 47.0 Å². The SMILES string of the molecule is COc1ccc(Br)c(C(=O)N(CCC(=O)O)C2CCOCC2)c1. The Kier molecular flexibility index (Phi) is 6.41. The van der Waals surface area contributed by atoms with Gasteiger partial charge in [-0.2, -0.15) is 0 Å². The van der Waals surface area contributed by atoms with Gasteiger partial charge in [0.15, 0.2) is 0 Å². The van der Waals surface area contributed by atoms with Crippen LogP contribution in [-0.4, -0.2) is 54.8 Å². The van der Waals surface area contributed by atoms with Gasteiger partial charge in [-0.1, -0.05) is 0 Å². The lowest BCUT2D eigenvalue weighted by molar-refractivity contribution is -0.137. The van der Waals surface area contributed by atoms with E-state index in [1.54, 1.807) is 23.1 Å². The third-order valence-electron chi connectivity index (χ3n) is 3.86. The summed E-state index contributed by atoms with van der Waals surface area (Å²) >= 11 is 3.39. The standard InChI is InChI=1S/C16H20BrNO5/c1-22-12-2-3-14(17)13(10-12)16(21)18(7-4-15(19)20)11-5-8-23-9-6-11/h2-3,10-11H,4-9H2,1H3,(H,19,20). The van der Waals surface area contributed by atoms with Gasteiger partial charge >= 0.3 is 5.97 Å². The zero-order valence-corrected chi connectivity index (χ0v) is 14.5. The van der Waals surface area contributed by atoms with Crippen molar-refractivity contribution in [1.29, 1.82) is 0 Å². The fourth-order valence-electron chi connectivity index (χ4n) is 2.61. The van der Waals surface area contributed by atoms with Gasteiger partial charge in [-0.3, -0.25) is 9.59 Å². The number of carbonyl (C=O) groups excluding carboxylic acids is 1. The van der Waals surface area contributed by atoms with E-state index >= 15 is 0 Å². The van der Waals surface area contributed by atoms with Gasteiger partial charge in [-0.15, -0.1) is 0 Å². The highest BCUT2D eigenvalue weighted by molar-refractivity contribution is 9.10. The second-order valence-electron chi connectivity index (χ2n) is 5.33. The Morgan fingerprint density at radius 1 is 1.39 bits per heavy atom. The van der Waals surface area contributed by atoms with Crippen LogP contribution in [0.4, 0.5) is 0 Å². The Morgan fingerprint density at radius 2 is 2.09 bits per heavy atom. The normalized spacial score (nSPS) is 15.2. The number of carboxylic acids is 1. The summed E-state index contributed by atoms with van der Waals surface area (Å²) in [6, 6.07) is 5.18. The first-order valence-corrected chi connectivity index (χ1v) is 8.26. The van der Waals surface area contributed by atoms with Crippen LogP contribution in [0.25, 0.3) is 0 Å². The third kappa shape index (κ3) is 4.68. The largest absolute Gasteiger partial charge is 0.497 e. The molecule has 1 aliphatic rings. The van der Waals surface area contributed by atoms with Crippen molar-refractivity contribution in [3.05, 3.63) is 28.2 Å². The summed E-state index contributed by atoms with van der Waals surface area (Å²) in [6.45, 7) is 1.35. The van der Waals surface area contributed by atoms with Crippen molar-refractivity contribution >= 4 is 27.8 Å². The minimum absolute atomic E-state index is 0.00583. The summed E-state index contributed by atoms with van der Waals surface area (Å²) in [6.07, 6.45) is 1.35. The Balaban J connectivity index is 2.25. The van der Waals surface area contributed by atoms with Gasteiger partial charge in [0.05, 0.1) is 19.1 Å². The van der Waals surface area contributed by atoms with Crippen molar-refractivity contribution in [2.24, 2.45) is 0 Å². The highest BCUT2D eigenvalue weighted by atomic mass is 79.9. The second kappa shape index (κ2) is 8.31. The van der Waals surface area contributed by atoms with E-state index < -0.39 is 5.97 Å². The van der Waals surface area contributed by atoms with Gasteiger partial charge in [-0.25, -0.2) is 0 Å². The Bertz CT molecular complexity index is 572. The molecule has 1 aromatic carbocycles. The molecule has 2 rings (SSSR count). The fourth-order valence-corrected chi connectivity index (χ4v) is 3.03.